The molecule has 0 atom stereocenters. The highest BCUT2D eigenvalue weighted by Gasteiger charge is 2.04. The number of aromatic nitrogens is 4. The molecule has 0 spiro atoms. The molecule has 2 aromatic heterocycles. The molecule has 0 bridgehead atoms. The minimum Gasteiger partial charge on any atom is -0.394 e. The van der Waals surface area contributed by atoms with Gasteiger partial charge in [0.25, 0.3) is 0 Å². The Morgan fingerprint density at radius 2 is 2.00 bits per heavy atom. The summed E-state index contributed by atoms with van der Waals surface area (Å²) in [5, 5.41) is 16.2. The number of rotatable bonds is 5. The van der Waals surface area contributed by atoms with Gasteiger partial charge in [-0.2, -0.15) is 5.10 Å². The SMILES string of the molecule is OCCn1cc(Nc2ccnc(-c3ccccc3)n2)cn1. The van der Waals surface area contributed by atoms with Crippen LogP contribution in [0.1, 0.15) is 0 Å². The summed E-state index contributed by atoms with van der Waals surface area (Å²) in [6, 6.07) is 11.6. The first-order valence-electron chi connectivity index (χ1n) is 6.64. The predicted molar refractivity (Wildman–Crippen MR) is 80.1 cm³/mol. The van der Waals surface area contributed by atoms with Gasteiger partial charge in [-0.05, 0) is 6.07 Å². The predicted octanol–water partition coefficient (Wildman–Crippen LogP) is 2.08. The first kappa shape index (κ1) is 13.3. The van der Waals surface area contributed by atoms with E-state index in [4.69, 9.17) is 5.11 Å². The molecule has 0 radical (unpaired) electrons. The maximum atomic E-state index is 8.88. The van der Waals surface area contributed by atoms with Gasteiger partial charge in [-0.15, -0.1) is 0 Å². The fourth-order valence-corrected chi connectivity index (χ4v) is 1.96. The summed E-state index contributed by atoms with van der Waals surface area (Å²) in [4.78, 5) is 8.77. The lowest BCUT2D eigenvalue weighted by molar-refractivity contribution is 0.269. The van der Waals surface area contributed by atoms with Crippen molar-refractivity contribution in [1.29, 1.82) is 0 Å². The number of hydrogen-bond acceptors (Lipinski definition) is 5. The lowest BCUT2D eigenvalue weighted by Gasteiger charge is -2.05. The minimum atomic E-state index is 0.0623. The Balaban J connectivity index is 1.79. The monoisotopic (exact) mass is 281 g/mol. The largest absolute Gasteiger partial charge is 0.394 e. The zero-order chi connectivity index (χ0) is 14.5. The third-order valence-corrected chi connectivity index (χ3v) is 2.92. The number of aliphatic hydroxyl groups excluding tert-OH is 1. The third kappa shape index (κ3) is 3.24. The van der Waals surface area contributed by atoms with E-state index in [0.717, 1.165) is 11.3 Å². The van der Waals surface area contributed by atoms with Crippen LogP contribution in [0.15, 0.2) is 55.0 Å². The highest BCUT2D eigenvalue weighted by atomic mass is 16.3. The van der Waals surface area contributed by atoms with E-state index in [2.05, 4.69) is 20.4 Å². The zero-order valence-corrected chi connectivity index (χ0v) is 11.3. The summed E-state index contributed by atoms with van der Waals surface area (Å²) in [6.45, 7) is 0.535. The normalized spacial score (nSPS) is 10.5. The van der Waals surface area contributed by atoms with Crippen LogP contribution in [-0.4, -0.2) is 31.5 Å². The summed E-state index contributed by atoms with van der Waals surface area (Å²) < 4.78 is 1.67. The van der Waals surface area contributed by atoms with Gasteiger partial charge >= 0.3 is 0 Å². The molecule has 0 aliphatic heterocycles. The van der Waals surface area contributed by atoms with Crippen LogP contribution in [0.3, 0.4) is 0 Å². The maximum Gasteiger partial charge on any atom is 0.161 e. The molecule has 2 N–H and O–H groups in total. The Morgan fingerprint density at radius 1 is 1.14 bits per heavy atom. The van der Waals surface area contributed by atoms with Gasteiger partial charge in [0.15, 0.2) is 5.82 Å². The minimum absolute atomic E-state index is 0.0623. The van der Waals surface area contributed by atoms with Crippen LogP contribution < -0.4 is 5.32 Å². The van der Waals surface area contributed by atoms with Gasteiger partial charge in [-0.3, -0.25) is 4.68 Å². The third-order valence-electron chi connectivity index (χ3n) is 2.92. The summed E-state index contributed by atoms with van der Waals surface area (Å²) in [6.07, 6.45) is 5.23. The molecule has 0 saturated carbocycles. The van der Waals surface area contributed by atoms with E-state index in [0.29, 0.717) is 18.2 Å². The van der Waals surface area contributed by atoms with Gasteiger partial charge in [0.05, 0.1) is 25.0 Å². The molecule has 21 heavy (non-hydrogen) atoms. The first-order chi connectivity index (χ1) is 10.3. The van der Waals surface area contributed by atoms with E-state index >= 15 is 0 Å². The molecular formula is C15H15N5O. The summed E-state index contributed by atoms with van der Waals surface area (Å²) >= 11 is 0. The molecule has 0 unspecified atom stereocenters. The quantitative estimate of drug-likeness (QED) is 0.749. The topological polar surface area (TPSA) is 75.9 Å². The summed E-state index contributed by atoms with van der Waals surface area (Å²) in [5.74, 6) is 1.37. The van der Waals surface area contributed by atoms with E-state index in [1.165, 1.54) is 0 Å². The van der Waals surface area contributed by atoms with Crippen molar-refractivity contribution in [2.75, 3.05) is 11.9 Å². The number of aliphatic hydroxyl groups is 1. The molecule has 0 amide bonds. The average molecular weight is 281 g/mol. The van der Waals surface area contributed by atoms with Crippen molar-refractivity contribution in [3.05, 3.63) is 55.0 Å². The van der Waals surface area contributed by atoms with Crippen LogP contribution in [0.25, 0.3) is 11.4 Å². The average Bonchev–Trinajstić information content (AvgIpc) is 2.96. The standard InChI is InChI=1S/C15H15N5O/c21-9-8-20-11-13(10-17-20)18-14-6-7-16-15(19-14)12-4-2-1-3-5-12/h1-7,10-11,21H,8-9H2,(H,16,18,19). The molecule has 1 aromatic carbocycles. The fraction of sp³-hybridized carbons (Fsp3) is 0.133. The Morgan fingerprint density at radius 3 is 2.81 bits per heavy atom. The summed E-state index contributed by atoms with van der Waals surface area (Å²) in [5.41, 5.74) is 1.79. The molecule has 6 nitrogen and oxygen atoms in total. The molecule has 0 aliphatic carbocycles. The number of nitrogens with one attached hydrogen (secondary N) is 1. The van der Waals surface area contributed by atoms with Gasteiger partial charge in [0.2, 0.25) is 0 Å². The van der Waals surface area contributed by atoms with E-state index in [-0.39, 0.29) is 6.61 Å². The van der Waals surface area contributed by atoms with Gasteiger partial charge in [-0.25, -0.2) is 9.97 Å². The fourth-order valence-electron chi connectivity index (χ4n) is 1.96. The van der Waals surface area contributed by atoms with Crippen molar-refractivity contribution < 1.29 is 5.11 Å². The molecule has 2 heterocycles. The molecule has 0 aliphatic rings. The van der Waals surface area contributed by atoms with Gasteiger partial charge in [0.1, 0.15) is 5.82 Å². The van der Waals surface area contributed by atoms with Crippen LogP contribution in [0, 0.1) is 0 Å². The first-order valence-corrected chi connectivity index (χ1v) is 6.64. The molecule has 3 rings (SSSR count). The zero-order valence-electron chi connectivity index (χ0n) is 11.3. The number of hydrogen-bond donors (Lipinski definition) is 2. The molecule has 0 fully saturated rings. The van der Waals surface area contributed by atoms with Crippen molar-refractivity contribution in [1.82, 2.24) is 19.7 Å². The highest BCUT2D eigenvalue weighted by Crippen LogP contribution is 2.18. The van der Waals surface area contributed by atoms with Crippen molar-refractivity contribution in [3.8, 4) is 11.4 Å². The smallest absolute Gasteiger partial charge is 0.161 e. The Kier molecular flexibility index (Phi) is 3.88. The lowest BCUT2D eigenvalue weighted by atomic mass is 10.2. The Labute approximate surface area is 122 Å². The van der Waals surface area contributed by atoms with Crippen LogP contribution in [0.5, 0.6) is 0 Å². The Bertz CT molecular complexity index is 711. The second kappa shape index (κ2) is 6.15. The molecule has 106 valence electrons. The lowest BCUT2D eigenvalue weighted by Crippen LogP contribution is -2.01. The number of anilines is 2. The van der Waals surface area contributed by atoms with Crippen molar-refractivity contribution in [2.24, 2.45) is 0 Å². The second-order valence-corrected chi connectivity index (χ2v) is 4.47. The maximum absolute atomic E-state index is 8.88. The molecular weight excluding hydrogens is 266 g/mol. The van der Waals surface area contributed by atoms with E-state index < -0.39 is 0 Å². The van der Waals surface area contributed by atoms with E-state index in [1.54, 1.807) is 23.1 Å². The van der Waals surface area contributed by atoms with Crippen LogP contribution in [0.2, 0.25) is 0 Å². The van der Waals surface area contributed by atoms with E-state index in [1.807, 2.05) is 36.5 Å². The van der Waals surface area contributed by atoms with Gasteiger partial charge in [-0.1, -0.05) is 30.3 Å². The molecule has 0 saturated heterocycles. The van der Waals surface area contributed by atoms with Crippen LogP contribution in [-0.2, 0) is 6.54 Å². The molecule has 3 aromatic rings. The van der Waals surface area contributed by atoms with Crippen molar-refractivity contribution in [3.63, 3.8) is 0 Å². The number of benzene rings is 1. The van der Waals surface area contributed by atoms with Crippen molar-refractivity contribution in [2.45, 2.75) is 6.54 Å². The second-order valence-electron chi connectivity index (χ2n) is 4.47. The van der Waals surface area contributed by atoms with Crippen LogP contribution in [0.4, 0.5) is 11.5 Å². The molecule has 6 heteroatoms. The van der Waals surface area contributed by atoms with Gasteiger partial charge < -0.3 is 10.4 Å². The van der Waals surface area contributed by atoms with E-state index in [9.17, 15) is 0 Å². The highest BCUT2D eigenvalue weighted by molar-refractivity contribution is 5.59. The van der Waals surface area contributed by atoms with Crippen LogP contribution >= 0.6 is 0 Å². The van der Waals surface area contributed by atoms with Crippen molar-refractivity contribution >= 4 is 11.5 Å². The summed E-state index contributed by atoms with van der Waals surface area (Å²) in [7, 11) is 0. The Hall–Kier alpha value is -2.73. The van der Waals surface area contributed by atoms with Gasteiger partial charge in [0, 0.05) is 18.0 Å². The number of nitrogens with zero attached hydrogens (tertiary/aromatic N) is 4.